The van der Waals surface area contributed by atoms with Crippen LogP contribution >= 0.6 is 0 Å². The molecule has 1 amide bonds. The van der Waals surface area contributed by atoms with Crippen LogP contribution in [0.25, 0.3) is 6.08 Å². The zero-order valence-corrected chi connectivity index (χ0v) is 10.8. The van der Waals surface area contributed by atoms with Gasteiger partial charge in [-0.2, -0.15) is 0 Å². The highest BCUT2D eigenvalue weighted by Crippen LogP contribution is 2.28. The van der Waals surface area contributed by atoms with Gasteiger partial charge in [-0.05, 0) is 6.42 Å². The Morgan fingerprint density at radius 3 is 2.65 bits per heavy atom. The van der Waals surface area contributed by atoms with Crippen molar-refractivity contribution in [3.05, 3.63) is 39.4 Å². The fraction of sp³-hybridized carbons (Fsp3) is 0.231. The van der Waals surface area contributed by atoms with Crippen LogP contribution in [0.3, 0.4) is 0 Å². The number of carbonyl (C=O) groups is 2. The van der Waals surface area contributed by atoms with Crippen LogP contribution in [0, 0.1) is 10.1 Å². The number of aromatic hydroxyl groups is 1. The summed E-state index contributed by atoms with van der Waals surface area (Å²) in [4.78, 5) is 31.5. The maximum absolute atomic E-state index is 10.8. The molecule has 1 aromatic carbocycles. The average Bonchev–Trinajstić information content (AvgIpc) is 2.39. The van der Waals surface area contributed by atoms with Crippen LogP contribution < -0.4 is 5.32 Å². The van der Waals surface area contributed by atoms with Crippen molar-refractivity contribution in [2.24, 2.45) is 0 Å². The monoisotopic (exact) mass is 278 g/mol. The summed E-state index contributed by atoms with van der Waals surface area (Å²) in [5, 5.41) is 23.1. The first-order valence-corrected chi connectivity index (χ1v) is 5.83. The molecule has 0 atom stereocenters. The van der Waals surface area contributed by atoms with E-state index in [-0.39, 0.29) is 28.5 Å². The number of nitro benzene ring substituents is 1. The number of aldehydes is 1. The topological polar surface area (TPSA) is 110 Å². The Bertz CT molecular complexity index is 566. The van der Waals surface area contributed by atoms with E-state index in [0.717, 1.165) is 6.07 Å². The molecule has 0 unspecified atom stereocenters. The van der Waals surface area contributed by atoms with Gasteiger partial charge in [-0.3, -0.25) is 19.7 Å². The molecule has 0 fully saturated rings. The van der Waals surface area contributed by atoms with Gasteiger partial charge in [0, 0.05) is 31.2 Å². The molecule has 7 nitrogen and oxygen atoms in total. The highest BCUT2D eigenvalue weighted by Gasteiger charge is 2.14. The lowest BCUT2D eigenvalue weighted by atomic mass is 10.1. The molecule has 0 aliphatic carbocycles. The summed E-state index contributed by atoms with van der Waals surface area (Å²) in [5.41, 5.74) is -0.226. The van der Waals surface area contributed by atoms with Crippen molar-refractivity contribution in [2.45, 2.75) is 13.3 Å². The number of benzene rings is 1. The zero-order chi connectivity index (χ0) is 15.1. The van der Waals surface area contributed by atoms with Crippen molar-refractivity contribution in [3.63, 3.8) is 0 Å². The van der Waals surface area contributed by atoms with Crippen molar-refractivity contribution < 1.29 is 19.6 Å². The fourth-order valence-corrected chi connectivity index (χ4v) is 1.53. The Kier molecular flexibility index (Phi) is 5.40. The molecule has 0 heterocycles. The zero-order valence-electron chi connectivity index (χ0n) is 10.8. The molecule has 2 N–H and O–H groups in total. The maximum Gasteiger partial charge on any atom is 0.271 e. The SMILES string of the molecule is CC(=O)NCCC=Cc1cc([N+](=O)[O-])cc(C=O)c1O. The highest BCUT2D eigenvalue weighted by molar-refractivity contribution is 5.84. The molecule has 106 valence electrons. The summed E-state index contributed by atoms with van der Waals surface area (Å²) in [6.45, 7) is 1.81. The van der Waals surface area contributed by atoms with E-state index in [9.17, 15) is 24.8 Å². The Hall–Kier alpha value is -2.70. The summed E-state index contributed by atoms with van der Waals surface area (Å²) in [5.74, 6) is -0.457. The first-order chi connectivity index (χ1) is 9.45. The Morgan fingerprint density at radius 1 is 1.45 bits per heavy atom. The lowest BCUT2D eigenvalue weighted by Crippen LogP contribution is -2.20. The molecule has 7 heteroatoms. The van der Waals surface area contributed by atoms with E-state index in [1.54, 1.807) is 6.08 Å². The molecular weight excluding hydrogens is 264 g/mol. The minimum atomic E-state index is -0.638. The minimum absolute atomic E-state index is 0.138. The number of amides is 1. The predicted octanol–water partition coefficient (Wildman–Crippen LogP) is 1.65. The van der Waals surface area contributed by atoms with Gasteiger partial charge in [-0.15, -0.1) is 0 Å². The van der Waals surface area contributed by atoms with Crippen LogP contribution in [0.15, 0.2) is 18.2 Å². The van der Waals surface area contributed by atoms with Crippen LogP contribution in [0.1, 0.15) is 29.3 Å². The van der Waals surface area contributed by atoms with Crippen LogP contribution in [0.5, 0.6) is 5.75 Å². The van der Waals surface area contributed by atoms with Crippen molar-refractivity contribution in [1.82, 2.24) is 5.32 Å². The van der Waals surface area contributed by atoms with Gasteiger partial charge in [-0.25, -0.2) is 0 Å². The summed E-state index contributed by atoms with van der Waals surface area (Å²) in [6.07, 6.45) is 3.97. The van der Waals surface area contributed by atoms with E-state index < -0.39 is 4.92 Å². The molecule has 0 bridgehead atoms. The molecule has 0 spiro atoms. The molecule has 1 rings (SSSR count). The lowest BCUT2D eigenvalue weighted by Gasteiger charge is -2.03. The first kappa shape index (κ1) is 15.4. The van der Waals surface area contributed by atoms with Gasteiger partial charge < -0.3 is 10.4 Å². The third-order valence-corrected chi connectivity index (χ3v) is 2.47. The number of hydrogen-bond donors (Lipinski definition) is 2. The first-order valence-electron chi connectivity index (χ1n) is 5.83. The van der Waals surface area contributed by atoms with Gasteiger partial charge in [-0.1, -0.05) is 12.2 Å². The lowest BCUT2D eigenvalue weighted by molar-refractivity contribution is -0.384. The van der Waals surface area contributed by atoms with E-state index in [1.165, 1.54) is 19.1 Å². The highest BCUT2D eigenvalue weighted by atomic mass is 16.6. The second-order valence-corrected chi connectivity index (χ2v) is 4.02. The van der Waals surface area contributed by atoms with Gasteiger partial charge in [0.2, 0.25) is 5.91 Å². The fourth-order valence-electron chi connectivity index (χ4n) is 1.53. The number of phenols is 1. The standard InChI is InChI=1S/C13H14N2O5/c1-9(17)14-5-3-2-4-10-6-12(15(19)20)7-11(8-16)13(10)18/h2,4,6-8,18H,3,5H2,1H3,(H,14,17). The smallest absolute Gasteiger partial charge is 0.271 e. The number of non-ortho nitro benzene ring substituents is 1. The number of nitrogens with zero attached hydrogens (tertiary/aromatic N) is 1. The number of rotatable bonds is 6. The van der Waals surface area contributed by atoms with E-state index >= 15 is 0 Å². The summed E-state index contributed by atoms with van der Waals surface area (Å²) in [7, 11) is 0. The summed E-state index contributed by atoms with van der Waals surface area (Å²) in [6, 6.07) is 2.19. The van der Waals surface area contributed by atoms with Crippen LogP contribution in [-0.2, 0) is 4.79 Å². The van der Waals surface area contributed by atoms with Crippen molar-refractivity contribution in [1.29, 1.82) is 0 Å². The molecule has 0 aliphatic rings. The van der Waals surface area contributed by atoms with E-state index in [2.05, 4.69) is 5.32 Å². The van der Waals surface area contributed by atoms with Gasteiger partial charge in [0.05, 0.1) is 10.5 Å². The van der Waals surface area contributed by atoms with E-state index in [4.69, 9.17) is 0 Å². The molecule has 0 aliphatic heterocycles. The quantitative estimate of drug-likeness (QED) is 0.356. The van der Waals surface area contributed by atoms with Gasteiger partial charge in [0.15, 0.2) is 6.29 Å². The Balaban J connectivity index is 2.90. The second kappa shape index (κ2) is 7.03. The largest absolute Gasteiger partial charge is 0.507 e. The van der Waals surface area contributed by atoms with Crippen molar-refractivity contribution in [3.8, 4) is 5.75 Å². The number of nitro groups is 1. The molecular formula is C13H14N2O5. The summed E-state index contributed by atoms with van der Waals surface area (Å²) >= 11 is 0. The Morgan fingerprint density at radius 2 is 2.10 bits per heavy atom. The summed E-state index contributed by atoms with van der Waals surface area (Å²) < 4.78 is 0. The average molecular weight is 278 g/mol. The second-order valence-electron chi connectivity index (χ2n) is 4.02. The minimum Gasteiger partial charge on any atom is -0.507 e. The maximum atomic E-state index is 10.8. The van der Waals surface area contributed by atoms with Crippen LogP contribution in [-0.4, -0.2) is 28.8 Å². The third-order valence-electron chi connectivity index (χ3n) is 2.47. The van der Waals surface area contributed by atoms with E-state index in [1.807, 2.05) is 0 Å². The van der Waals surface area contributed by atoms with Crippen molar-refractivity contribution in [2.75, 3.05) is 6.54 Å². The molecule has 0 saturated heterocycles. The Labute approximate surface area is 115 Å². The molecule has 1 aromatic rings. The van der Waals surface area contributed by atoms with Gasteiger partial charge >= 0.3 is 0 Å². The third kappa shape index (κ3) is 4.20. The normalized spacial score (nSPS) is 10.4. The van der Waals surface area contributed by atoms with Crippen LogP contribution in [0.2, 0.25) is 0 Å². The molecule has 0 aromatic heterocycles. The van der Waals surface area contributed by atoms with E-state index in [0.29, 0.717) is 19.3 Å². The molecule has 0 saturated carbocycles. The van der Waals surface area contributed by atoms with Crippen LogP contribution in [0.4, 0.5) is 5.69 Å². The number of phenolic OH excluding ortho intramolecular Hbond substituents is 1. The number of nitrogens with one attached hydrogen (secondary N) is 1. The number of hydrogen-bond acceptors (Lipinski definition) is 5. The van der Waals surface area contributed by atoms with Gasteiger partial charge in [0.25, 0.3) is 5.69 Å². The van der Waals surface area contributed by atoms with Gasteiger partial charge in [0.1, 0.15) is 5.75 Å². The number of carbonyl (C=O) groups excluding carboxylic acids is 2. The molecule has 20 heavy (non-hydrogen) atoms. The predicted molar refractivity (Wildman–Crippen MR) is 72.5 cm³/mol. The molecule has 0 radical (unpaired) electrons. The van der Waals surface area contributed by atoms with Crippen molar-refractivity contribution >= 4 is 24.0 Å².